The normalized spacial score (nSPS) is 15.5. The van der Waals surface area contributed by atoms with E-state index in [4.69, 9.17) is 11.6 Å². The third kappa shape index (κ3) is 5.70. The molecule has 1 saturated heterocycles. The molecule has 0 radical (unpaired) electrons. The van der Waals surface area contributed by atoms with Crippen LogP contribution in [0.15, 0.2) is 42.7 Å². The fourth-order valence-electron chi connectivity index (χ4n) is 3.60. The molecular formula is C22H22ClF3N6O. The Morgan fingerprint density at radius 2 is 1.79 bits per heavy atom. The molecule has 11 heteroatoms. The molecule has 7 nitrogen and oxygen atoms in total. The summed E-state index contributed by atoms with van der Waals surface area (Å²) in [6.07, 6.45) is -3.26. The molecule has 174 valence electrons. The quantitative estimate of drug-likeness (QED) is 0.571. The fraction of sp³-hybridized carbons (Fsp3) is 0.318. The van der Waals surface area contributed by atoms with Gasteiger partial charge in [0.2, 0.25) is 5.91 Å². The Labute approximate surface area is 193 Å². The third-order valence-corrected chi connectivity index (χ3v) is 5.75. The molecule has 1 aromatic heterocycles. The van der Waals surface area contributed by atoms with E-state index in [1.54, 1.807) is 18.2 Å². The molecule has 1 fully saturated rings. The van der Waals surface area contributed by atoms with Crippen LogP contribution in [0.25, 0.3) is 10.9 Å². The van der Waals surface area contributed by atoms with E-state index < -0.39 is 11.7 Å². The van der Waals surface area contributed by atoms with Gasteiger partial charge in [-0.3, -0.25) is 9.69 Å². The number of carbonyl (C=O) groups excluding carboxylic acids is 1. The van der Waals surface area contributed by atoms with Crippen LogP contribution >= 0.6 is 11.6 Å². The Balaban J connectivity index is 1.53. The molecule has 1 aliphatic rings. The Morgan fingerprint density at radius 3 is 2.52 bits per heavy atom. The number of amides is 1. The van der Waals surface area contributed by atoms with E-state index in [2.05, 4.69) is 30.4 Å². The van der Waals surface area contributed by atoms with Crippen molar-refractivity contribution in [3.05, 3.63) is 53.3 Å². The number of piperazine rings is 1. The minimum atomic E-state index is -4.58. The second kappa shape index (κ2) is 9.50. The highest BCUT2D eigenvalue weighted by Gasteiger charge is 2.33. The van der Waals surface area contributed by atoms with Crippen LogP contribution in [0, 0.1) is 0 Å². The minimum absolute atomic E-state index is 0.141. The van der Waals surface area contributed by atoms with E-state index in [0.717, 1.165) is 32.2 Å². The van der Waals surface area contributed by atoms with Gasteiger partial charge in [0.05, 0.1) is 22.6 Å². The smallest absolute Gasteiger partial charge is 0.340 e. The number of hydrogen-bond donors (Lipinski definition) is 2. The summed E-state index contributed by atoms with van der Waals surface area (Å²) in [7, 11) is 2.05. The van der Waals surface area contributed by atoms with Crippen molar-refractivity contribution in [3.8, 4) is 0 Å². The van der Waals surface area contributed by atoms with Gasteiger partial charge < -0.3 is 15.5 Å². The number of anilines is 3. The summed E-state index contributed by atoms with van der Waals surface area (Å²) in [6.45, 7) is 3.76. The minimum Gasteiger partial charge on any atom is -0.340 e. The summed E-state index contributed by atoms with van der Waals surface area (Å²) in [5, 5.41) is 5.95. The average molecular weight is 479 g/mol. The van der Waals surface area contributed by atoms with Crippen LogP contribution in [0.3, 0.4) is 0 Å². The molecule has 0 unspecified atom stereocenters. The van der Waals surface area contributed by atoms with Crippen LogP contribution in [0.4, 0.5) is 30.4 Å². The lowest BCUT2D eigenvalue weighted by Gasteiger charge is -2.31. The number of aromatic nitrogens is 2. The van der Waals surface area contributed by atoms with Crippen LogP contribution in [-0.4, -0.2) is 65.4 Å². The molecule has 0 spiro atoms. The zero-order valence-electron chi connectivity index (χ0n) is 17.8. The van der Waals surface area contributed by atoms with Crippen molar-refractivity contribution in [3.63, 3.8) is 0 Å². The molecule has 2 N–H and O–H groups in total. The second-order valence-corrected chi connectivity index (χ2v) is 8.31. The van der Waals surface area contributed by atoms with Gasteiger partial charge in [0.25, 0.3) is 0 Å². The standard InChI is InChI=1S/C22H22ClF3N6O/c1-31-6-8-32(9-7-31)12-20(33)29-14-3-5-19-16(10-14)21(28-13-27-19)30-15-2-4-18(23)17(11-15)22(24,25)26/h2-5,10-11,13H,6-9,12H2,1H3,(H,29,33)(H,27,28,30). The maximum Gasteiger partial charge on any atom is 0.417 e. The van der Waals surface area contributed by atoms with Crippen molar-refractivity contribution in [1.29, 1.82) is 0 Å². The number of alkyl halides is 3. The first-order chi connectivity index (χ1) is 15.7. The molecule has 1 amide bonds. The van der Waals surface area contributed by atoms with Crippen molar-refractivity contribution in [1.82, 2.24) is 19.8 Å². The predicted molar refractivity (Wildman–Crippen MR) is 122 cm³/mol. The summed E-state index contributed by atoms with van der Waals surface area (Å²) in [5.74, 6) is 0.170. The zero-order chi connectivity index (χ0) is 23.6. The number of nitrogens with one attached hydrogen (secondary N) is 2. The molecule has 1 aliphatic heterocycles. The van der Waals surface area contributed by atoms with E-state index >= 15 is 0 Å². The SMILES string of the molecule is CN1CCN(CC(=O)Nc2ccc3ncnc(Nc4ccc(Cl)c(C(F)(F)F)c4)c3c2)CC1. The van der Waals surface area contributed by atoms with Crippen LogP contribution in [0.1, 0.15) is 5.56 Å². The first kappa shape index (κ1) is 23.2. The molecule has 0 saturated carbocycles. The highest BCUT2D eigenvalue weighted by Crippen LogP contribution is 2.37. The van der Waals surface area contributed by atoms with Gasteiger partial charge in [-0.25, -0.2) is 9.97 Å². The van der Waals surface area contributed by atoms with E-state index in [0.29, 0.717) is 22.4 Å². The Bertz CT molecular complexity index is 1160. The summed E-state index contributed by atoms with van der Waals surface area (Å²) >= 11 is 5.71. The van der Waals surface area contributed by atoms with Crippen LogP contribution in [-0.2, 0) is 11.0 Å². The van der Waals surface area contributed by atoms with Gasteiger partial charge in [0, 0.05) is 42.9 Å². The van der Waals surface area contributed by atoms with Gasteiger partial charge in [0.1, 0.15) is 12.1 Å². The number of fused-ring (bicyclic) bond motifs is 1. The van der Waals surface area contributed by atoms with Gasteiger partial charge in [-0.05, 0) is 43.4 Å². The summed E-state index contributed by atoms with van der Waals surface area (Å²) in [5.41, 5.74) is 0.363. The number of hydrogen-bond acceptors (Lipinski definition) is 6. The molecule has 2 aromatic carbocycles. The third-order valence-electron chi connectivity index (χ3n) is 5.42. The van der Waals surface area contributed by atoms with Gasteiger partial charge in [0.15, 0.2) is 0 Å². The maximum absolute atomic E-state index is 13.2. The van der Waals surface area contributed by atoms with E-state index in [-0.39, 0.29) is 23.2 Å². The summed E-state index contributed by atoms with van der Waals surface area (Å²) in [6, 6.07) is 8.69. The second-order valence-electron chi connectivity index (χ2n) is 7.90. The van der Waals surface area contributed by atoms with Crippen LogP contribution < -0.4 is 10.6 Å². The first-order valence-corrected chi connectivity index (χ1v) is 10.7. The number of rotatable bonds is 5. The highest BCUT2D eigenvalue weighted by molar-refractivity contribution is 6.31. The number of likely N-dealkylation sites (N-methyl/N-ethyl adjacent to an activating group) is 1. The first-order valence-electron chi connectivity index (χ1n) is 10.3. The fourth-order valence-corrected chi connectivity index (χ4v) is 3.83. The van der Waals surface area contributed by atoms with Crippen LogP contribution in [0.5, 0.6) is 0 Å². The zero-order valence-corrected chi connectivity index (χ0v) is 18.5. The molecule has 2 heterocycles. The largest absolute Gasteiger partial charge is 0.417 e. The van der Waals surface area contributed by atoms with E-state index in [1.807, 2.05) is 7.05 Å². The summed E-state index contributed by atoms with van der Waals surface area (Å²) < 4.78 is 39.6. The number of benzene rings is 2. The maximum atomic E-state index is 13.2. The van der Waals surface area contributed by atoms with E-state index in [9.17, 15) is 18.0 Å². The van der Waals surface area contributed by atoms with Gasteiger partial charge >= 0.3 is 6.18 Å². The van der Waals surface area contributed by atoms with Crippen molar-refractivity contribution < 1.29 is 18.0 Å². The van der Waals surface area contributed by atoms with Crippen molar-refractivity contribution >= 4 is 45.6 Å². The Morgan fingerprint density at radius 1 is 1.06 bits per heavy atom. The summed E-state index contributed by atoms with van der Waals surface area (Å²) in [4.78, 5) is 25.2. The van der Waals surface area contributed by atoms with Crippen molar-refractivity contribution in [2.45, 2.75) is 6.18 Å². The lowest BCUT2D eigenvalue weighted by Crippen LogP contribution is -2.47. The number of carbonyl (C=O) groups is 1. The monoisotopic (exact) mass is 478 g/mol. The average Bonchev–Trinajstić information content (AvgIpc) is 2.76. The number of halogens is 4. The molecule has 0 bridgehead atoms. The lowest BCUT2D eigenvalue weighted by molar-refractivity contribution is -0.137. The number of nitrogens with zero attached hydrogens (tertiary/aromatic N) is 4. The topological polar surface area (TPSA) is 73.4 Å². The highest BCUT2D eigenvalue weighted by atomic mass is 35.5. The molecular weight excluding hydrogens is 457 g/mol. The predicted octanol–water partition coefficient (Wildman–Crippen LogP) is 4.23. The van der Waals surface area contributed by atoms with E-state index in [1.165, 1.54) is 18.5 Å². The van der Waals surface area contributed by atoms with Gasteiger partial charge in [-0.2, -0.15) is 13.2 Å². The van der Waals surface area contributed by atoms with Crippen molar-refractivity contribution in [2.75, 3.05) is 50.4 Å². The molecule has 3 aromatic rings. The molecule has 33 heavy (non-hydrogen) atoms. The van der Waals surface area contributed by atoms with Gasteiger partial charge in [-0.1, -0.05) is 11.6 Å². The van der Waals surface area contributed by atoms with Crippen LogP contribution in [0.2, 0.25) is 5.02 Å². The molecule has 0 atom stereocenters. The molecule has 4 rings (SSSR count). The van der Waals surface area contributed by atoms with Crippen molar-refractivity contribution in [2.24, 2.45) is 0 Å². The van der Waals surface area contributed by atoms with Gasteiger partial charge in [-0.15, -0.1) is 0 Å². The molecule has 0 aliphatic carbocycles. The Hall–Kier alpha value is -2.95. The lowest BCUT2D eigenvalue weighted by atomic mass is 10.1. The Kier molecular flexibility index (Phi) is 6.68.